The lowest BCUT2D eigenvalue weighted by molar-refractivity contribution is 0.0984. The smallest absolute Gasteiger partial charge is 0.164 e. The molecule has 1 aromatic rings. The first-order chi connectivity index (χ1) is 7.74. The Morgan fingerprint density at radius 1 is 1.25 bits per heavy atom. The molecule has 0 spiro atoms. The normalized spacial score (nSPS) is 10.8. The van der Waals surface area contributed by atoms with Gasteiger partial charge >= 0.3 is 0 Å². The Morgan fingerprint density at radius 3 is 2.44 bits per heavy atom. The van der Waals surface area contributed by atoms with Crippen LogP contribution in [0.1, 0.15) is 54.9 Å². The van der Waals surface area contributed by atoms with E-state index in [-0.39, 0.29) is 5.78 Å². The third kappa shape index (κ3) is 2.92. The first-order valence-corrected chi connectivity index (χ1v) is 6.06. The number of nitrogens with two attached hydrogens (primary N) is 1. The first-order valence-electron chi connectivity index (χ1n) is 6.06. The van der Waals surface area contributed by atoms with Crippen LogP contribution in [0.25, 0.3) is 0 Å². The van der Waals surface area contributed by atoms with Gasteiger partial charge in [0.25, 0.3) is 0 Å². The molecular weight excluding hydrogens is 198 g/mol. The average Bonchev–Trinajstić information content (AvgIpc) is 2.31. The van der Waals surface area contributed by atoms with E-state index in [1.807, 2.05) is 18.2 Å². The molecule has 2 nitrogen and oxygen atoms in total. The lowest BCUT2D eigenvalue weighted by atomic mass is 9.88. The number of hydrogen-bond acceptors (Lipinski definition) is 2. The fourth-order valence-corrected chi connectivity index (χ4v) is 2.10. The van der Waals surface area contributed by atoms with Crippen LogP contribution in [0.3, 0.4) is 0 Å². The van der Waals surface area contributed by atoms with Crippen LogP contribution in [0.2, 0.25) is 0 Å². The lowest BCUT2D eigenvalue weighted by Gasteiger charge is -2.16. The zero-order valence-corrected chi connectivity index (χ0v) is 10.2. The molecule has 0 aliphatic heterocycles. The van der Waals surface area contributed by atoms with Crippen LogP contribution in [0, 0.1) is 0 Å². The Kier molecular flexibility index (Phi) is 5.20. The topological polar surface area (TPSA) is 43.1 Å². The summed E-state index contributed by atoms with van der Waals surface area (Å²) < 4.78 is 0. The number of benzene rings is 1. The van der Waals surface area contributed by atoms with E-state index in [9.17, 15) is 4.79 Å². The second kappa shape index (κ2) is 6.44. The highest BCUT2D eigenvalue weighted by Crippen LogP contribution is 2.26. The van der Waals surface area contributed by atoms with Gasteiger partial charge in [-0.1, -0.05) is 38.1 Å². The molecule has 2 heteroatoms. The maximum Gasteiger partial charge on any atom is 0.164 e. The molecule has 0 radical (unpaired) electrons. The minimum atomic E-state index is 0.171. The summed E-state index contributed by atoms with van der Waals surface area (Å²) in [5, 5.41) is 0. The van der Waals surface area contributed by atoms with Crippen LogP contribution >= 0.6 is 0 Å². The van der Waals surface area contributed by atoms with Crippen LogP contribution < -0.4 is 5.73 Å². The fourth-order valence-electron chi connectivity index (χ4n) is 2.10. The minimum absolute atomic E-state index is 0.171. The van der Waals surface area contributed by atoms with Crippen LogP contribution in [0.15, 0.2) is 24.3 Å². The Labute approximate surface area is 97.9 Å². The van der Waals surface area contributed by atoms with Crippen molar-refractivity contribution in [3.8, 4) is 0 Å². The van der Waals surface area contributed by atoms with Gasteiger partial charge in [-0.15, -0.1) is 0 Å². The van der Waals surface area contributed by atoms with Crippen LogP contribution in [0.5, 0.6) is 0 Å². The zero-order valence-electron chi connectivity index (χ0n) is 10.2. The van der Waals surface area contributed by atoms with Gasteiger partial charge in [-0.05, 0) is 30.9 Å². The van der Waals surface area contributed by atoms with E-state index in [2.05, 4.69) is 19.9 Å². The number of rotatable bonds is 6. The van der Waals surface area contributed by atoms with Gasteiger partial charge in [0.05, 0.1) is 0 Å². The van der Waals surface area contributed by atoms with Crippen LogP contribution in [0.4, 0.5) is 0 Å². The van der Waals surface area contributed by atoms with Crippen LogP contribution in [-0.4, -0.2) is 12.3 Å². The van der Waals surface area contributed by atoms with Crippen molar-refractivity contribution in [1.29, 1.82) is 0 Å². The Morgan fingerprint density at radius 2 is 1.88 bits per heavy atom. The van der Waals surface area contributed by atoms with Crippen molar-refractivity contribution in [3.63, 3.8) is 0 Å². The largest absolute Gasteiger partial charge is 0.330 e. The molecule has 0 saturated carbocycles. The summed E-state index contributed by atoms with van der Waals surface area (Å²) >= 11 is 0. The molecule has 0 aromatic heterocycles. The highest BCUT2D eigenvalue weighted by molar-refractivity contribution is 5.97. The summed E-state index contributed by atoms with van der Waals surface area (Å²) in [6.07, 6.45) is 2.59. The van der Waals surface area contributed by atoms with Gasteiger partial charge in [0.1, 0.15) is 0 Å². The predicted molar refractivity (Wildman–Crippen MR) is 67.8 cm³/mol. The molecule has 0 aliphatic carbocycles. The maximum absolute atomic E-state index is 11.9. The quantitative estimate of drug-likeness (QED) is 0.747. The third-order valence-electron chi connectivity index (χ3n) is 3.06. The van der Waals surface area contributed by atoms with Crippen molar-refractivity contribution >= 4 is 5.78 Å². The minimum Gasteiger partial charge on any atom is -0.330 e. The van der Waals surface area contributed by atoms with Gasteiger partial charge < -0.3 is 5.73 Å². The van der Waals surface area contributed by atoms with Crippen molar-refractivity contribution in [1.82, 2.24) is 0 Å². The van der Waals surface area contributed by atoms with E-state index in [4.69, 9.17) is 5.73 Å². The summed E-state index contributed by atoms with van der Waals surface area (Å²) in [6.45, 7) is 4.76. The van der Waals surface area contributed by atoms with Gasteiger partial charge in [0, 0.05) is 12.0 Å². The summed E-state index contributed by atoms with van der Waals surface area (Å²) in [5.74, 6) is 0.655. The van der Waals surface area contributed by atoms with Crippen LogP contribution in [-0.2, 0) is 0 Å². The second-order valence-corrected chi connectivity index (χ2v) is 4.06. The van der Waals surface area contributed by atoms with E-state index >= 15 is 0 Å². The number of hydrogen-bond donors (Lipinski definition) is 1. The zero-order chi connectivity index (χ0) is 12.0. The van der Waals surface area contributed by atoms with E-state index in [1.54, 1.807) is 0 Å². The van der Waals surface area contributed by atoms with Crippen molar-refractivity contribution in [3.05, 3.63) is 35.4 Å². The molecule has 0 aliphatic rings. The second-order valence-electron chi connectivity index (χ2n) is 4.06. The van der Waals surface area contributed by atoms with Gasteiger partial charge in [0.2, 0.25) is 0 Å². The molecule has 0 saturated heterocycles. The fraction of sp³-hybridized carbons (Fsp3) is 0.500. The molecule has 0 unspecified atom stereocenters. The lowest BCUT2D eigenvalue weighted by Crippen LogP contribution is -2.11. The van der Waals surface area contributed by atoms with E-state index in [0.29, 0.717) is 18.9 Å². The van der Waals surface area contributed by atoms with Gasteiger partial charge in [-0.2, -0.15) is 0 Å². The summed E-state index contributed by atoms with van der Waals surface area (Å²) in [7, 11) is 0. The Hall–Kier alpha value is -1.15. The first kappa shape index (κ1) is 12.9. The highest BCUT2D eigenvalue weighted by atomic mass is 16.1. The summed E-state index contributed by atoms with van der Waals surface area (Å²) in [6, 6.07) is 7.93. The van der Waals surface area contributed by atoms with Gasteiger partial charge in [-0.3, -0.25) is 4.79 Å². The molecule has 0 heterocycles. The molecule has 1 aromatic carbocycles. The summed E-state index contributed by atoms with van der Waals surface area (Å²) in [4.78, 5) is 11.9. The number of ketones is 1. The summed E-state index contributed by atoms with van der Waals surface area (Å²) in [5.41, 5.74) is 7.49. The molecular formula is C14H21NO. The monoisotopic (exact) mass is 219 g/mol. The number of Topliss-reactive ketones (excluding diaryl/α,β-unsaturated/α-hetero) is 1. The van der Waals surface area contributed by atoms with Crippen molar-refractivity contribution in [2.24, 2.45) is 5.73 Å². The van der Waals surface area contributed by atoms with Crippen molar-refractivity contribution < 1.29 is 4.79 Å². The predicted octanol–water partition coefficient (Wildman–Crippen LogP) is 3.12. The molecule has 0 amide bonds. The number of carbonyl (C=O) groups is 1. The van der Waals surface area contributed by atoms with E-state index in [1.165, 1.54) is 5.56 Å². The molecule has 0 bridgehead atoms. The standard InChI is InChI=1S/C14H21NO/c1-3-11(4-2)12-7-5-6-8-13(12)14(16)9-10-15/h5-8,11H,3-4,9-10,15H2,1-2H3. The molecule has 0 fully saturated rings. The average molecular weight is 219 g/mol. The van der Waals surface area contributed by atoms with E-state index in [0.717, 1.165) is 18.4 Å². The molecule has 1 rings (SSSR count). The molecule has 0 atom stereocenters. The number of carbonyl (C=O) groups excluding carboxylic acids is 1. The van der Waals surface area contributed by atoms with Gasteiger partial charge in [0.15, 0.2) is 5.78 Å². The Balaban J connectivity index is 3.03. The molecule has 2 N–H and O–H groups in total. The van der Waals surface area contributed by atoms with Gasteiger partial charge in [-0.25, -0.2) is 0 Å². The SMILES string of the molecule is CCC(CC)c1ccccc1C(=O)CCN. The van der Waals surface area contributed by atoms with Crippen molar-refractivity contribution in [2.45, 2.75) is 39.0 Å². The van der Waals surface area contributed by atoms with Crippen molar-refractivity contribution in [2.75, 3.05) is 6.54 Å². The highest BCUT2D eigenvalue weighted by Gasteiger charge is 2.15. The third-order valence-corrected chi connectivity index (χ3v) is 3.06. The van der Waals surface area contributed by atoms with E-state index < -0.39 is 0 Å². The Bertz CT molecular complexity index is 342. The maximum atomic E-state index is 11.9. The molecule has 88 valence electrons. The molecule has 16 heavy (non-hydrogen) atoms.